The number of nitrogens with two attached hydrogens (primary N) is 1. The van der Waals surface area contributed by atoms with Crippen LogP contribution in [0.1, 0.15) is 0 Å². The first kappa shape index (κ1) is 7.88. The topological polar surface area (TPSA) is 49.5 Å². The Labute approximate surface area is 50.1 Å². The van der Waals surface area contributed by atoms with E-state index in [0.717, 1.165) is 6.54 Å². The summed E-state index contributed by atoms with van der Waals surface area (Å²) in [4.78, 5) is 1.95. The van der Waals surface area contributed by atoms with Crippen LogP contribution in [0, 0.1) is 0 Å². The van der Waals surface area contributed by atoms with Crippen molar-refractivity contribution < 1.29 is 5.11 Å². The highest BCUT2D eigenvalue weighted by molar-refractivity contribution is 4.60. The molecule has 0 bridgehead atoms. The normalized spacial score (nSPS) is 14.6. The Morgan fingerprint density at radius 2 is 2.12 bits per heavy atom. The van der Waals surface area contributed by atoms with Crippen molar-refractivity contribution in [2.75, 3.05) is 27.2 Å². The number of aliphatic hydroxyl groups is 1. The van der Waals surface area contributed by atoms with Crippen molar-refractivity contribution in [3.8, 4) is 0 Å². The molecule has 3 heteroatoms. The molecular formula is C5H14N2O. The molecule has 0 spiro atoms. The van der Waals surface area contributed by atoms with Crippen molar-refractivity contribution in [1.29, 1.82) is 0 Å². The molecule has 50 valence electrons. The molecule has 0 aliphatic carbocycles. The maximum absolute atomic E-state index is 8.43. The molecule has 0 aliphatic rings. The predicted octanol–water partition coefficient (Wildman–Crippen LogP) is -1.13. The Balaban J connectivity index is 3.10. The van der Waals surface area contributed by atoms with Crippen LogP contribution in [-0.4, -0.2) is 43.3 Å². The Bertz CT molecular complexity index is 56.4. The molecule has 0 saturated carbocycles. The molecule has 1 unspecified atom stereocenters. The van der Waals surface area contributed by atoms with E-state index in [-0.39, 0.29) is 12.6 Å². The van der Waals surface area contributed by atoms with Crippen LogP contribution in [0.2, 0.25) is 0 Å². The van der Waals surface area contributed by atoms with E-state index in [0.29, 0.717) is 0 Å². The maximum atomic E-state index is 8.43. The van der Waals surface area contributed by atoms with Gasteiger partial charge < -0.3 is 15.7 Å². The lowest BCUT2D eigenvalue weighted by Crippen LogP contribution is -2.35. The predicted molar refractivity (Wildman–Crippen MR) is 33.6 cm³/mol. The number of hydrogen-bond donors (Lipinski definition) is 2. The third-order valence-corrected chi connectivity index (χ3v) is 0.834. The highest BCUT2D eigenvalue weighted by Crippen LogP contribution is 1.78. The largest absolute Gasteiger partial charge is 0.395 e. The number of likely N-dealkylation sites (N-methyl/N-ethyl adjacent to an activating group) is 1. The van der Waals surface area contributed by atoms with E-state index < -0.39 is 0 Å². The Hall–Kier alpha value is -0.120. The first-order valence-corrected chi connectivity index (χ1v) is 2.68. The van der Waals surface area contributed by atoms with Gasteiger partial charge in [-0.2, -0.15) is 0 Å². The van der Waals surface area contributed by atoms with Crippen LogP contribution >= 0.6 is 0 Å². The van der Waals surface area contributed by atoms with Gasteiger partial charge >= 0.3 is 0 Å². The standard InChI is InChI=1S/C5H14N2O/c1-7(2)3-5(6)4-8/h5,8H,3-4,6H2,1-2H3. The van der Waals surface area contributed by atoms with Crippen LogP contribution in [0.3, 0.4) is 0 Å². The molecule has 8 heavy (non-hydrogen) atoms. The van der Waals surface area contributed by atoms with E-state index in [1.165, 1.54) is 0 Å². The molecule has 0 rings (SSSR count). The molecule has 0 radical (unpaired) electrons. The summed E-state index contributed by atoms with van der Waals surface area (Å²) in [6, 6.07) is -0.0926. The van der Waals surface area contributed by atoms with E-state index in [4.69, 9.17) is 10.8 Å². The van der Waals surface area contributed by atoms with Gasteiger partial charge in [-0.3, -0.25) is 0 Å². The van der Waals surface area contributed by atoms with Crippen LogP contribution in [0.4, 0.5) is 0 Å². The van der Waals surface area contributed by atoms with Crippen molar-refractivity contribution in [2.45, 2.75) is 6.04 Å². The Morgan fingerprint density at radius 3 is 2.25 bits per heavy atom. The summed E-state index contributed by atoms with van der Waals surface area (Å²) in [5, 5.41) is 8.43. The zero-order chi connectivity index (χ0) is 6.57. The van der Waals surface area contributed by atoms with Crippen LogP contribution < -0.4 is 5.73 Å². The van der Waals surface area contributed by atoms with Gasteiger partial charge in [0.05, 0.1) is 6.61 Å². The first-order valence-electron chi connectivity index (χ1n) is 2.68. The molecule has 0 fully saturated rings. The fourth-order valence-electron chi connectivity index (χ4n) is 0.527. The summed E-state index contributed by atoms with van der Waals surface area (Å²) < 4.78 is 0. The molecule has 0 aliphatic heterocycles. The fraction of sp³-hybridized carbons (Fsp3) is 1.00. The molecule has 3 N–H and O–H groups in total. The van der Waals surface area contributed by atoms with Crippen LogP contribution in [-0.2, 0) is 0 Å². The molecule has 0 heterocycles. The van der Waals surface area contributed by atoms with E-state index in [1.54, 1.807) is 0 Å². The third kappa shape index (κ3) is 4.05. The molecule has 0 aromatic heterocycles. The van der Waals surface area contributed by atoms with Gasteiger partial charge in [0.15, 0.2) is 0 Å². The van der Waals surface area contributed by atoms with Crippen molar-refractivity contribution >= 4 is 0 Å². The molecule has 1 atom stereocenters. The van der Waals surface area contributed by atoms with Crippen LogP contribution in [0.15, 0.2) is 0 Å². The molecular weight excluding hydrogens is 104 g/mol. The lowest BCUT2D eigenvalue weighted by atomic mass is 10.3. The minimum absolute atomic E-state index is 0.0676. The van der Waals surface area contributed by atoms with Crippen molar-refractivity contribution in [3.63, 3.8) is 0 Å². The second kappa shape index (κ2) is 3.83. The number of hydrogen-bond acceptors (Lipinski definition) is 3. The molecule has 0 aromatic carbocycles. The summed E-state index contributed by atoms with van der Waals surface area (Å²) in [5.41, 5.74) is 5.38. The SMILES string of the molecule is CN(C)CC(N)CO. The van der Waals surface area contributed by atoms with E-state index >= 15 is 0 Å². The summed E-state index contributed by atoms with van der Waals surface area (Å²) in [5.74, 6) is 0. The second-order valence-corrected chi connectivity index (χ2v) is 2.20. The molecule has 0 aromatic rings. The molecule has 0 amide bonds. The first-order chi connectivity index (χ1) is 3.66. The van der Waals surface area contributed by atoms with Gasteiger partial charge in [0.25, 0.3) is 0 Å². The van der Waals surface area contributed by atoms with Crippen LogP contribution in [0.25, 0.3) is 0 Å². The smallest absolute Gasteiger partial charge is 0.0595 e. The van der Waals surface area contributed by atoms with Gasteiger partial charge in [0.2, 0.25) is 0 Å². The summed E-state index contributed by atoms with van der Waals surface area (Å²) in [6.45, 7) is 0.814. The average molecular weight is 118 g/mol. The summed E-state index contributed by atoms with van der Waals surface area (Å²) in [7, 11) is 3.85. The fourth-order valence-corrected chi connectivity index (χ4v) is 0.527. The Kier molecular flexibility index (Phi) is 3.77. The average Bonchev–Trinajstić information content (AvgIpc) is 1.65. The van der Waals surface area contributed by atoms with Crippen molar-refractivity contribution in [2.24, 2.45) is 5.73 Å². The minimum atomic E-state index is -0.0926. The third-order valence-electron chi connectivity index (χ3n) is 0.834. The van der Waals surface area contributed by atoms with Gasteiger partial charge in [0, 0.05) is 12.6 Å². The van der Waals surface area contributed by atoms with E-state index in [1.807, 2.05) is 19.0 Å². The Morgan fingerprint density at radius 1 is 1.62 bits per heavy atom. The number of aliphatic hydroxyl groups excluding tert-OH is 1. The van der Waals surface area contributed by atoms with E-state index in [2.05, 4.69) is 0 Å². The number of rotatable bonds is 3. The lowest BCUT2D eigenvalue weighted by Gasteiger charge is -2.13. The highest BCUT2D eigenvalue weighted by Gasteiger charge is 1.98. The second-order valence-electron chi connectivity index (χ2n) is 2.20. The zero-order valence-corrected chi connectivity index (χ0v) is 5.46. The minimum Gasteiger partial charge on any atom is -0.395 e. The quantitative estimate of drug-likeness (QED) is 0.493. The maximum Gasteiger partial charge on any atom is 0.0595 e. The molecule has 3 nitrogen and oxygen atoms in total. The van der Waals surface area contributed by atoms with Gasteiger partial charge in [-0.15, -0.1) is 0 Å². The monoisotopic (exact) mass is 118 g/mol. The van der Waals surface area contributed by atoms with Gasteiger partial charge in [0.1, 0.15) is 0 Å². The number of nitrogens with zero attached hydrogens (tertiary/aromatic N) is 1. The van der Waals surface area contributed by atoms with Gasteiger partial charge in [-0.25, -0.2) is 0 Å². The van der Waals surface area contributed by atoms with E-state index in [9.17, 15) is 0 Å². The lowest BCUT2D eigenvalue weighted by molar-refractivity contribution is 0.236. The molecule has 0 saturated heterocycles. The van der Waals surface area contributed by atoms with Crippen molar-refractivity contribution in [3.05, 3.63) is 0 Å². The van der Waals surface area contributed by atoms with Crippen LogP contribution in [0.5, 0.6) is 0 Å². The summed E-state index contributed by atoms with van der Waals surface area (Å²) >= 11 is 0. The van der Waals surface area contributed by atoms with Gasteiger partial charge in [-0.1, -0.05) is 0 Å². The summed E-state index contributed by atoms with van der Waals surface area (Å²) in [6.07, 6.45) is 0. The highest BCUT2D eigenvalue weighted by atomic mass is 16.3. The zero-order valence-electron chi connectivity index (χ0n) is 5.46. The van der Waals surface area contributed by atoms with Crippen molar-refractivity contribution in [1.82, 2.24) is 4.90 Å². The van der Waals surface area contributed by atoms with Gasteiger partial charge in [-0.05, 0) is 14.1 Å².